The van der Waals surface area contributed by atoms with Crippen LogP contribution in [0.2, 0.25) is 0 Å². The van der Waals surface area contributed by atoms with Gasteiger partial charge in [-0.15, -0.1) is 0 Å². The highest BCUT2D eigenvalue weighted by molar-refractivity contribution is 5.85. The number of rotatable bonds is 9. The SMILES string of the molecule is CCOCC(O)(COCC)C(N)Cc1cccc2ccccc12. The van der Waals surface area contributed by atoms with E-state index in [1.807, 2.05) is 32.0 Å². The smallest absolute Gasteiger partial charge is 0.126 e. The van der Waals surface area contributed by atoms with Gasteiger partial charge in [-0.3, -0.25) is 0 Å². The van der Waals surface area contributed by atoms with Crippen LogP contribution in [0.25, 0.3) is 10.8 Å². The summed E-state index contributed by atoms with van der Waals surface area (Å²) in [5.41, 5.74) is 6.28. The Labute approximate surface area is 138 Å². The Hall–Kier alpha value is -1.46. The number of hydrogen-bond donors (Lipinski definition) is 2. The largest absolute Gasteiger partial charge is 0.383 e. The van der Waals surface area contributed by atoms with Crippen molar-refractivity contribution >= 4 is 10.8 Å². The molecule has 0 spiro atoms. The van der Waals surface area contributed by atoms with E-state index in [-0.39, 0.29) is 13.2 Å². The van der Waals surface area contributed by atoms with Crippen molar-refractivity contribution in [1.29, 1.82) is 0 Å². The highest BCUT2D eigenvalue weighted by atomic mass is 16.5. The maximum atomic E-state index is 10.9. The molecule has 0 aliphatic heterocycles. The van der Waals surface area contributed by atoms with Gasteiger partial charge in [0.05, 0.1) is 13.2 Å². The Morgan fingerprint density at radius 1 is 1.00 bits per heavy atom. The summed E-state index contributed by atoms with van der Waals surface area (Å²) in [6.45, 7) is 5.23. The average molecular weight is 317 g/mol. The second-order valence-electron chi connectivity index (χ2n) is 5.83. The standard InChI is InChI=1S/C19H27NO3/c1-3-22-13-19(21,14-23-4-2)18(20)12-16-10-7-9-15-8-5-6-11-17(15)16/h5-11,18,21H,3-4,12-14,20H2,1-2H3. The molecule has 2 rings (SSSR count). The predicted octanol–water partition coefficient (Wildman–Crippen LogP) is 2.51. The van der Waals surface area contributed by atoms with E-state index in [4.69, 9.17) is 15.2 Å². The minimum Gasteiger partial charge on any atom is -0.383 e. The quantitative estimate of drug-likeness (QED) is 0.746. The molecular weight excluding hydrogens is 290 g/mol. The first-order valence-electron chi connectivity index (χ1n) is 8.20. The summed E-state index contributed by atoms with van der Waals surface area (Å²) >= 11 is 0. The van der Waals surface area contributed by atoms with Crippen LogP contribution in [0.3, 0.4) is 0 Å². The topological polar surface area (TPSA) is 64.7 Å². The molecule has 1 unspecified atom stereocenters. The number of fused-ring (bicyclic) bond motifs is 1. The third-order valence-corrected chi connectivity index (χ3v) is 4.12. The molecule has 2 aromatic carbocycles. The lowest BCUT2D eigenvalue weighted by molar-refractivity contribution is -0.106. The molecule has 0 heterocycles. The third-order valence-electron chi connectivity index (χ3n) is 4.12. The maximum absolute atomic E-state index is 10.9. The third kappa shape index (κ3) is 4.52. The zero-order valence-corrected chi connectivity index (χ0v) is 14.0. The molecular formula is C19H27NO3. The number of ether oxygens (including phenoxy) is 2. The lowest BCUT2D eigenvalue weighted by Crippen LogP contribution is -2.55. The molecule has 3 N–H and O–H groups in total. The normalized spacial score (nSPS) is 13.4. The van der Waals surface area contributed by atoms with Gasteiger partial charge in [-0.1, -0.05) is 42.5 Å². The van der Waals surface area contributed by atoms with Gasteiger partial charge in [0.2, 0.25) is 0 Å². The van der Waals surface area contributed by atoms with E-state index in [1.165, 1.54) is 10.8 Å². The molecule has 0 amide bonds. The minimum atomic E-state index is -1.19. The first-order chi connectivity index (χ1) is 11.1. The molecule has 0 fully saturated rings. The van der Waals surface area contributed by atoms with Crippen molar-refractivity contribution in [1.82, 2.24) is 0 Å². The lowest BCUT2D eigenvalue weighted by atomic mass is 9.89. The molecule has 0 radical (unpaired) electrons. The summed E-state index contributed by atoms with van der Waals surface area (Å²) in [6, 6.07) is 13.9. The van der Waals surface area contributed by atoms with E-state index in [1.54, 1.807) is 0 Å². The summed E-state index contributed by atoms with van der Waals surface area (Å²) in [7, 11) is 0. The van der Waals surface area contributed by atoms with E-state index in [2.05, 4.69) is 24.3 Å². The summed E-state index contributed by atoms with van der Waals surface area (Å²) < 4.78 is 10.9. The second kappa shape index (κ2) is 8.41. The molecule has 1 atom stereocenters. The zero-order valence-electron chi connectivity index (χ0n) is 14.0. The minimum absolute atomic E-state index is 0.176. The molecule has 0 saturated heterocycles. The van der Waals surface area contributed by atoms with Crippen molar-refractivity contribution in [3.63, 3.8) is 0 Å². The Morgan fingerprint density at radius 3 is 2.26 bits per heavy atom. The molecule has 4 heteroatoms. The number of benzene rings is 2. The Balaban J connectivity index is 2.20. The summed E-state index contributed by atoms with van der Waals surface area (Å²) in [5, 5.41) is 13.2. The lowest BCUT2D eigenvalue weighted by Gasteiger charge is -2.33. The van der Waals surface area contributed by atoms with Crippen LogP contribution in [-0.4, -0.2) is 43.2 Å². The van der Waals surface area contributed by atoms with E-state index in [0.717, 1.165) is 5.56 Å². The van der Waals surface area contributed by atoms with Crippen molar-refractivity contribution in [2.24, 2.45) is 5.73 Å². The van der Waals surface area contributed by atoms with Gasteiger partial charge in [-0.05, 0) is 36.6 Å². The fourth-order valence-corrected chi connectivity index (χ4v) is 2.71. The van der Waals surface area contributed by atoms with Crippen LogP contribution in [0.1, 0.15) is 19.4 Å². The fraction of sp³-hybridized carbons (Fsp3) is 0.474. The number of nitrogens with two attached hydrogens (primary N) is 1. The van der Waals surface area contributed by atoms with Gasteiger partial charge in [0.15, 0.2) is 0 Å². The molecule has 0 aromatic heterocycles. The average Bonchev–Trinajstić information content (AvgIpc) is 2.58. The highest BCUT2D eigenvalue weighted by Crippen LogP contribution is 2.22. The molecule has 0 aliphatic carbocycles. The summed E-state index contributed by atoms with van der Waals surface area (Å²) in [4.78, 5) is 0. The van der Waals surface area contributed by atoms with Crippen LogP contribution in [0, 0.1) is 0 Å². The maximum Gasteiger partial charge on any atom is 0.126 e. The van der Waals surface area contributed by atoms with Gasteiger partial charge >= 0.3 is 0 Å². The van der Waals surface area contributed by atoms with Gasteiger partial charge in [-0.25, -0.2) is 0 Å². The van der Waals surface area contributed by atoms with Gasteiger partial charge in [0, 0.05) is 19.3 Å². The van der Waals surface area contributed by atoms with Crippen LogP contribution in [0.15, 0.2) is 42.5 Å². The van der Waals surface area contributed by atoms with Crippen LogP contribution in [0.4, 0.5) is 0 Å². The Morgan fingerprint density at radius 2 is 1.61 bits per heavy atom. The Bertz CT molecular complexity index is 601. The second-order valence-corrected chi connectivity index (χ2v) is 5.83. The van der Waals surface area contributed by atoms with Gasteiger partial charge in [0.25, 0.3) is 0 Å². The van der Waals surface area contributed by atoms with Gasteiger partial charge < -0.3 is 20.3 Å². The number of aliphatic hydroxyl groups is 1. The van der Waals surface area contributed by atoms with E-state index >= 15 is 0 Å². The highest BCUT2D eigenvalue weighted by Gasteiger charge is 2.35. The Kier molecular flexibility index (Phi) is 6.54. The van der Waals surface area contributed by atoms with Crippen LogP contribution >= 0.6 is 0 Å². The molecule has 23 heavy (non-hydrogen) atoms. The van der Waals surface area contributed by atoms with Crippen molar-refractivity contribution in [3.05, 3.63) is 48.0 Å². The van der Waals surface area contributed by atoms with Gasteiger partial charge in [-0.2, -0.15) is 0 Å². The van der Waals surface area contributed by atoms with Crippen molar-refractivity contribution in [2.45, 2.75) is 31.9 Å². The van der Waals surface area contributed by atoms with Crippen LogP contribution in [-0.2, 0) is 15.9 Å². The molecule has 2 aromatic rings. The van der Waals surface area contributed by atoms with E-state index in [9.17, 15) is 5.11 Å². The van der Waals surface area contributed by atoms with Crippen LogP contribution < -0.4 is 5.73 Å². The molecule has 126 valence electrons. The van der Waals surface area contributed by atoms with Gasteiger partial charge in [0.1, 0.15) is 5.60 Å². The molecule has 4 nitrogen and oxygen atoms in total. The van der Waals surface area contributed by atoms with Crippen molar-refractivity contribution in [3.8, 4) is 0 Å². The van der Waals surface area contributed by atoms with Crippen molar-refractivity contribution in [2.75, 3.05) is 26.4 Å². The molecule has 0 aliphatic rings. The first kappa shape index (κ1) is 17.9. The molecule has 0 bridgehead atoms. The van der Waals surface area contributed by atoms with E-state index in [0.29, 0.717) is 19.6 Å². The first-order valence-corrected chi connectivity index (χ1v) is 8.20. The number of hydrogen-bond acceptors (Lipinski definition) is 4. The predicted molar refractivity (Wildman–Crippen MR) is 93.6 cm³/mol. The zero-order chi connectivity index (χ0) is 16.7. The van der Waals surface area contributed by atoms with E-state index < -0.39 is 11.6 Å². The van der Waals surface area contributed by atoms with Crippen molar-refractivity contribution < 1.29 is 14.6 Å². The monoisotopic (exact) mass is 317 g/mol. The van der Waals surface area contributed by atoms with Crippen LogP contribution in [0.5, 0.6) is 0 Å². The summed E-state index contributed by atoms with van der Waals surface area (Å²) in [6.07, 6.45) is 0.567. The summed E-state index contributed by atoms with van der Waals surface area (Å²) in [5.74, 6) is 0. The fourth-order valence-electron chi connectivity index (χ4n) is 2.71. The molecule has 0 saturated carbocycles.